The van der Waals surface area contributed by atoms with Crippen molar-refractivity contribution < 1.29 is 4.74 Å². The Labute approximate surface area is 132 Å². The first-order valence-corrected chi connectivity index (χ1v) is 6.97. The lowest BCUT2D eigenvalue weighted by Crippen LogP contribution is -2.15. The van der Waals surface area contributed by atoms with Crippen molar-refractivity contribution >= 4 is 0 Å². The van der Waals surface area contributed by atoms with Crippen molar-refractivity contribution in [2.24, 2.45) is 0 Å². The van der Waals surface area contributed by atoms with Crippen LogP contribution in [0.2, 0.25) is 0 Å². The summed E-state index contributed by atoms with van der Waals surface area (Å²) >= 11 is 0. The minimum Gasteiger partial charge on any atom is -0.497 e. The Bertz CT molecular complexity index is 940. The van der Waals surface area contributed by atoms with Gasteiger partial charge in [-0.2, -0.15) is 5.26 Å². The van der Waals surface area contributed by atoms with Gasteiger partial charge in [0.05, 0.1) is 12.8 Å². The van der Waals surface area contributed by atoms with E-state index in [9.17, 15) is 10.1 Å². The summed E-state index contributed by atoms with van der Waals surface area (Å²) in [6, 6.07) is 18.4. The highest BCUT2D eigenvalue weighted by Crippen LogP contribution is 2.25. The lowest BCUT2D eigenvalue weighted by Gasteiger charge is -2.08. The molecule has 2 aromatic carbocycles. The minimum atomic E-state index is -0.459. The first-order valence-electron chi connectivity index (χ1n) is 6.97. The standard InChI is InChI=1S/C18H13N3O2/c1-23-14-9-5-8-13(10-14)16-15(11-19)18(22)21-17(20-16)12-6-3-2-4-7-12/h2-10H,1H3,(H,20,21,22). The Balaban J connectivity index is 2.24. The van der Waals surface area contributed by atoms with E-state index in [1.54, 1.807) is 31.4 Å². The first-order chi connectivity index (χ1) is 11.2. The van der Waals surface area contributed by atoms with Crippen LogP contribution in [-0.2, 0) is 0 Å². The van der Waals surface area contributed by atoms with Gasteiger partial charge in [-0.15, -0.1) is 0 Å². The monoisotopic (exact) mass is 303 g/mol. The zero-order valence-electron chi connectivity index (χ0n) is 12.4. The number of ether oxygens (including phenoxy) is 1. The molecule has 5 heteroatoms. The molecular weight excluding hydrogens is 290 g/mol. The number of methoxy groups -OCH3 is 1. The number of H-pyrrole nitrogens is 1. The van der Waals surface area contributed by atoms with Crippen LogP contribution in [0.5, 0.6) is 5.75 Å². The third-order valence-corrected chi connectivity index (χ3v) is 3.42. The minimum absolute atomic E-state index is 0.0158. The van der Waals surface area contributed by atoms with Gasteiger partial charge in [0.1, 0.15) is 23.2 Å². The number of nitrogens with zero attached hydrogens (tertiary/aromatic N) is 2. The second-order valence-electron chi connectivity index (χ2n) is 4.85. The molecule has 0 saturated heterocycles. The molecule has 5 nitrogen and oxygen atoms in total. The zero-order valence-corrected chi connectivity index (χ0v) is 12.4. The molecule has 0 bridgehead atoms. The maximum absolute atomic E-state index is 12.2. The van der Waals surface area contributed by atoms with Crippen molar-refractivity contribution in [1.82, 2.24) is 9.97 Å². The lowest BCUT2D eigenvalue weighted by molar-refractivity contribution is 0.415. The third-order valence-electron chi connectivity index (χ3n) is 3.42. The predicted octanol–water partition coefficient (Wildman–Crippen LogP) is 2.98. The largest absolute Gasteiger partial charge is 0.497 e. The molecule has 0 aliphatic rings. The summed E-state index contributed by atoms with van der Waals surface area (Å²) < 4.78 is 5.20. The van der Waals surface area contributed by atoms with E-state index in [2.05, 4.69) is 9.97 Å². The van der Waals surface area contributed by atoms with Crippen LogP contribution in [0.1, 0.15) is 5.56 Å². The smallest absolute Gasteiger partial charge is 0.269 e. The molecule has 0 aliphatic carbocycles. The molecule has 1 aromatic heterocycles. The quantitative estimate of drug-likeness (QED) is 0.806. The summed E-state index contributed by atoms with van der Waals surface area (Å²) in [5.74, 6) is 1.06. The average molecular weight is 303 g/mol. The van der Waals surface area contributed by atoms with Crippen LogP contribution < -0.4 is 10.3 Å². The predicted molar refractivity (Wildman–Crippen MR) is 87.0 cm³/mol. The highest BCUT2D eigenvalue weighted by molar-refractivity contribution is 5.70. The molecule has 3 rings (SSSR count). The molecule has 3 aromatic rings. The molecule has 0 fully saturated rings. The van der Waals surface area contributed by atoms with Gasteiger partial charge in [-0.25, -0.2) is 4.98 Å². The van der Waals surface area contributed by atoms with Crippen LogP contribution in [0, 0.1) is 11.3 Å². The van der Waals surface area contributed by atoms with Crippen LogP contribution in [0.3, 0.4) is 0 Å². The SMILES string of the molecule is COc1cccc(-c2nc(-c3ccccc3)[nH]c(=O)c2C#N)c1. The Morgan fingerprint density at radius 2 is 1.83 bits per heavy atom. The fourth-order valence-electron chi connectivity index (χ4n) is 2.29. The zero-order chi connectivity index (χ0) is 16.2. The van der Waals surface area contributed by atoms with E-state index in [1.165, 1.54) is 0 Å². The number of aromatic nitrogens is 2. The van der Waals surface area contributed by atoms with Gasteiger partial charge in [-0.05, 0) is 12.1 Å². The maximum Gasteiger partial charge on any atom is 0.269 e. The third kappa shape index (κ3) is 2.83. The van der Waals surface area contributed by atoms with Crippen molar-refractivity contribution in [2.75, 3.05) is 7.11 Å². The van der Waals surface area contributed by atoms with Gasteiger partial charge in [0.2, 0.25) is 0 Å². The Morgan fingerprint density at radius 3 is 2.52 bits per heavy atom. The van der Waals surface area contributed by atoms with E-state index < -0.39 is 5.56 Å². The van der Waals surface area contributed by atoms with E-state index in [1.807, 2.05) is 36.4 Å². The summed E-state index contributed by atoms with van der Waals surface area (Å²) in [4.78, 5) is 19.4. The Hall–Kier alpha value is -3.39. The van der Waals surface area contributed by atoms with Crippen LogP contribution >= 0.6 is 0 Å². The Kier molecular flexibility index (Phi) is 3.89. The van der Waals surface area contributed by atoms with Gasteiger partial charge in [0.25, 0.3) is 5.56 Å². The second-order valence-corrected chi connectivity index (χ2v) is 4.85. The summed E-state index contributed by atoms with van der Waals surface area (Å²) in [5.41, 5.74) is 1.30. The molecule has 1 N–H and O–H groups in total. The molecule has 23 heavy (non-hydrogen) atoms. The fraction of sp³-hybridized carbons (Fsp3) is 0.0556. The second kappa shape index (κ2) is 6.16. The van der Waals surface area contributed by atoms with E-state index >= 15 is 0 Å². The maximum atomic E-state index is 12.2. The molecule has 0 saturated carbocycles. The van der Waals surface area contributed by atoms with Crippen molar-refractivity contribution in [2.45, 2.75) is 0 Å². The number of hydrogen-bond donors (Lipinski definition) is 1. The molecule has 0 unspecified atom stereocenters. The molecule has 0 aliphatic heterocycles. The number of rotatable bonds is 3. The number of hydrogen-bond acceptors (Lipinski definition) is 4. The molecule has 1 heterocycles. The van der Waals surface area contributed by atoms with Gasteiger partial charge in [-0.3, -0.25) is 4.79 Å². The molecule has 0 spiro atoms. The number of benzene rings is 2. The van der Waals surface area contributed by atoms with Gasteiger partial charge in [0.15, 0.2) is 0 Å². The van der Waals surface area contributed by atoms with Gasteiger partial charge >= 0.3 is 0 Å². The lowest BCUT2D eigenvalue weighted by atomic mass is 10.1. The topological polar surface area (TPSA) is 78.8 Å². The summed E-state index contributed by atoms with van der Waals surface area (Å²) in [5, 5.41) is 9.31. The van der Waals surface area contributed by atoms with Gasteiger partial charge in [0, 0.05) is 11.1 Å². The van der Waals surface area contributed by atoms with Crippen LogP contribution in [0.25, 0.3) is 22.6 Å². The van der Waals surface area contributed by atoms with Crippen molar-refractivity contribution in [1.29, 1.82) is 5.26 Å². The summed E-state index contributed by atoms with van der Waals surface area (Å²) in [7, 11) is 1.56. The van der Waals surface area contributed by atoms with E-state index in [-0.39, 0.29) is 5.56 Å². The van der Waals surface area contributed by atoms with E-state index in [0.717, 1.165) is 5.56 Å². The average Bonchev–Trinajstić information content (AvgIpc) is 2.61. The summed E-state index contributed by atoms with van der Waals surface area (Å²) in [6.07, 6.45) is 0. The van der Waals surface area contributed by atoms with Gasteiger partial charge in [-0.1, -0.05) is 42.5 Å². The van der Waals surface area contributed by atoms with Crippen molar-refractivity contribution in [3.05, 3.63) is 70.5 Å². The van der Waals surface area contributed by atoms with E-state index in [0.29, 0.717) is 22.8 Å². The van der Waals surface area contributed by atoms with E-state index in [4.69, 9.17) is 4.74 Å². The molecule has 112 valence electrons. The van der Waals surface area contributed by atoms with Crippen LogP contribution in [-0.4, -0.2) is 17.1 Å². The highest BCUT2D eigenvalue weighted by atomic mass is 16.5. The van der Waals surface area contributed by atoms with Crippen molar-refractivity contribution in [3.63, 3.8) is 0 Å². The van der Waals surface area contributed by atoms with Crippen LogP contribution in [0.15, 0.2) is 59.4 Å². The molecular formula is C18H13N3O2. The van der Waals surface area contributed by atoms with Gasteiger partial charge < -0.3 is 9.72 Å². The Morgan fingerprint density at radius 1 is 1.09 bits per heavy atom. The normalized spacial score (nSPS) is 10.1. The van der Waals surface area contributed by atoms with Crippen LogP contribution in [0.4, 0.5) is 0 Å². The number of aromatic amines is 1. The number of nitrogens with one attached hydrogen (secondary N) is 1. The fourth-order valence-corrected chi connectivity index (χ4v) is 2.29. The molecule has 0 radical (unpaired) electrons. The number of nitriles is 1. The highest BCUT2D eigenvalue weighted by Gasteiger charge is 2.14. The van der Waals surface area contributed by atoms with Crippen molar-refractivity contribution in [3.8, 4) is 34.5 Å². The molecule has 0 amide bonds. The first kappa shape index (κ1) is 14.5. The summed E-state index contributed by atoms with van der Waals surface area (Å²) in [6.45, 7) is 0. The molecule has 0 atom stereocenters.